The number of rotatable bonds is 2. The largest absolute Gasteiger partial charge is 0.0896 e. The van der Waals surface area contributed by atoms with Crippen LogP contribution >= 0.6 is 0 Å². The van der Waals surface area contributed by atoms with Gasteiger partial charge in [0.25, 0.3) is 0 Å². The molecule has 4 rings (SSSR count). The lowest BCUT2D eigenvalue weighted by atomic mass is 9.46. The lowest BCUT2D eigenvalue weighted by molar-refractivity contribution is -0.0881. The molecule has 0 spiro atoms. The van der Waals surface area contributed by atoms with Gasteiger partial charge in [0.15, 0.2) is 0 Å². The zero-order chi connectivity index (χ0) is 16.1. The quantitative estimate of drug-likeness (QED) is 0.250. The van der Waals surface area contributed by atoms with Gasteiger partial charge < -0.3 is 0 Å². The van der Waals surface area contributed by atoms with Crippen molar-refractivity contribution >= 4 is 0 Å². The first-order valence-electron chi connectivity index (χ1n) is 9.75. The fourth-order valence-corrected chi connectivity index (χ4v) is 7.20. The molecule has 0 bridgehead atoms. The Morgan fingerprint density at radius 1 is 1.17 bits per heavy atom. The highest BCUT2D eigenvalue weighted by atomic mass is 15.1. The Bertz CT molecular complexity index is 561. The van der Waals surface area contributed by atoms with E-state index in [2.05, 4.69) is 29.9 Å². The molecule has 0 N–H and O–H groups in total. The molecule has 0 saturated heterocycles. The van der Waals surface area contributed by atoms with E-state index >= 15 is 0 Å². The van der Waals surface area contributed by atoms with Crippen molar-refractivity contribution in [2.75, 3.05) is 6.54 Å². The SMILES string of the molecule is C[C@@]12CCC[C@H]1[C@@H]1CC[C@H]3CC(CN=[N+]=[N-])=CC[C@]3(C)[C@H]1CC2. The van der Waals surface area contributed by atoms with Gasteiger partial charge in [-0.2, -0.15) is 0 Å². The number of allylic oxidation sites excluding steroid dienone is 1. The normalized spacial score (nSPS) is 48.5. The van der Waals surface area contributed by atoms with Crippen LogP contribution in [0.3, 0.4) is 0 Å². The molecule has 0 radical (unpaired) electrons. The summed E-state index contributed by atoms with van der Waals surface area (Å²) in [5, 5.41) is 3.80. The molecule has 6 atom stereocenters. The highest BCUT2D eigenvalue weighted by Gasteiger charge is 2.56. The third-order valence-electron chi connectivity index (χ3n) is 8.52. The fourth-order valence-electron chi connectivity index (χ4n) is 7.20. The Kier molecular flexibility index (Phi) is 3.76. The van der Waals surface area contributed by atoms with Gasteiger partial charge in [-0.15, -0.1) is 0 Å². The molecule has 0 aliphatic heterocycles. The van der Waals surface area contributed by atoms with Gasteiger partial charge in [0.1, 0.15) is 0 Å². The Labute approximate surface area is 140 Å². The lowest BCUT2D eigenvalue weighted by Crippen LogP contribution is -2.51. The number of hydrogen-bond acceptors (Lipinski definition) is 1. The van der Waals surface area contributed by atoms with Gasteiger partial charge in [-0.05, 0) is 91.4 Å². The number of fused-ring (bicyclic) bond motifs is 5. The van der Waals surface area contributed by atoms with Crippen molar-refractivity contribution < 1.29 is 0 Å². The molecule has 4 aliphatic rings. The van der Waals surface area contributed by atoms with E-state index in [9.17, 15) is 0 Å². The summed E-state index contributed by atoms with van der Waals surface area (Å²) in [6.45, 7) is 5.78. The van der Waals surface area contributed by atoms with Gasteiger partial charge in [0.05, 0.1) is 0 Å². The number of azide groups is 1. The molecule has 3 nitrogen and oxygen atoms in total. The van der Waals surface area contributed by atoms with E-state index in [0.29, 0.717) is 17.4 Å². The monoisotopic (exact) mass is 313 g/mol. The molecule has 0 aromatic rings. The molecule has 126 valence electrons. The van der Waals surface area contributed by atoms with E-state index < -0.39 is 0 Å². The second-order valence-corrected chi connectivity index (χ2v) is 9.40. The van der Waals surface area contributed by atoms with Crippen LogP contribution in [0.25, 0.3) is 10.4 Å². The van der Waals surface area contributed by atoms with E-state index in [1.807, 2.05) is 0 Å². The molecule has 3 saturated carbocycles. The van der Waals surface area contributed by atoms with Gasteiger partial charge in [-0.1, -0.05) is 37.0 Å². The Morgan fingerprint density at radius 2 is 2.04 bits per heavy atom. The minimum atomic E-state index is 0.507. The first-order chi connectivity index (χ1) is 11.1. The fraction of sp³-hybridized carbons (Fsp3) is 0.900. The summed E-state index contributed by atoms with van der Waals surface area (Å²) in [5.74, 6) is 3.76. The van der Waals surface area contributed by atoms with Crippen LogP contribution in [0.4, 0.5) is 0 Å². The predicted molar refractivity (Wildman–Crippen MR) is 93.8 cm³/mol. The second-order valence-electron chi connectivity index (χ2n) is 9.40. The summed E-state index contributed by atoms with van der Waals surface area (Å²) in [4.78, 5) is 2.94. The first-order valence-corrected chi connectivity index (χ1v) is 9.75. The zero-order valence-electron chi connectivity index (χ0n) is 14.8. The van der Waals surface area contributed by atoms with Crippen molar-refractivity contribution in [1.82, 2.24) is 0 Å². The van der Waals surface area contributed by atoms with Crippen LogP contribution in [0.5, 0.6) is 0 Å². The Hall–Kier alpha value is -0.950. The summed E-state index contributed by atoms with van der Waals surface area (Å²) >= 11 is 0. The van der Waals surface area contributed by atoms with Gasteiger partial charge in [0, 0.05) is 11.5 Å². The standard InChI is InChI=1S/C20H31N3/c1-19-9-3-4-17(19)16-6-5-15-12-14(13-22-23-21)7-11-20(15,2)18(16)8-10-19/h7,15-18H,3-6,8-13H2,1-2H3/t15-,16-,17-,18-,19-,20-/m0/s1. The van der Waals surface area contributed by atoms with Gasteiger partial charge in [-0.25, -0.2) is 0 Å². The van der Waals surface area contributed by atoms with Crippen molar-refractivity contribution in [3.8, 4) is 0 Å². The molecular weight excluding hydrogens is 282 g/mol. The van der Waals surface area contributed by atoms with Crippen LogP contribution in [0, 0.1) is 34.5 Å². The number of nitrogens with zero attached hydrogens (tertiary/aromatic N) is 3. The summed E-state index contributed by atoms with van der Waals surface area (Å²) in [5.41, 5.74) is 11.1. The second kappa shape index (κ2) is 5.55. The molecular formula is C20H31N3. The predicted octanol–water partition coefficient (Wildman–Crippen LogP) is 6.27. The third-order valence-corrected chi connectivity index (χ3v) is 8.52. The van der Waals surface area contributed by atoms with Crippen LogP contribution in [0.15, 0.2) is 16.8 Å². The van der Waals surface area contributed by atoms with Crippen LogP contribution in [0.2, 0.25) is 0 Å². The molecule has 0 aromatic carbocycles. The molecule has 0 heterocycles. The molecule has 0 aromatic heterocycles. The highest BCUT2D eigenvalue weighted by molar-refractivity contribution is 5.17. The van der Waals surface area contributed by atoms with E-state index in [-0.39, 0.29) is 0 Å². The Balaban J connectivity index is 1.58. The average molecular weight is 313 g/mol. The van der Waals surface area contributed by atoms with Crippen molar-refractivity contribution in [2.45, 2.75) is 71.6 Å². The van der Waals surface area contributed by atoms with Crippen molar-refractivity contribution in [2.24, 2.45) is 39.6 Å². The van der Waals surface area contributed by atoms with Crippen LogP contribution in [-0.4, -0.2) is 6.54 Å². The minimum Gasteiger partial charge on any atom is -0.0896 e. The highest BCUT2D eigenvalue weighted by Crippen LogP contribution is 2.65. The molecule has 3 heteroatoms. The van der Waals surface area contributed by atoms with Crippen LogP contribution in [0.1, 0.15) is 71.6 Å². The summed E-state index contributed by atoms with van der Waals surface area (Å²) in [7, 11) is 0. The van der Waals surface area contributed by atoms with Crippen molar-refractivity contribution in [1.29, 1.82) is 0 Å². The average Bonchev–Trinajstić information content (AvgIpc) is 2.94. The van der Waals surface area contributed by atoms with Gasteiger partial charge in [-0.3, -0.25) is 0 Å². The smallest absolute Gasteiger partial charge is 0.0470 e. The molecule has 23 heavy (non-hydrogen) atoms. The maximum Gasteiger partial charge on any atom is 0.0470 e. The topological polar surface area (TPSA) is 48.8 Å². The van der Waals surface area contributed by atoms with Gasteiger partial charge in [0.2, 0.25) is 0 Å². The van der Waals surface area contributed by atoms with E-state index in [0.717, 1.165) is 23.7 Å². The minimum absolute atomic E-state index is 0.507. The molecule has 0 unspecified atom stereocenters. The van der Waals surface area contributed by atoms with E-state index in [4.69, 9.17) is 5.53 Å². The van der Waals surface area contributed by atoms with E-state index in [1.54, 1.807) is 0 Å². The third kappa shape index (κ3) is 2.35. The van der Waals surface area contributed by atoms with Crippen molar-refractivity contribution in [3.05, 3.63) is 22.1 Å². The summed E-state index contributed by atoms with van der Waals surface area (Å²) in [6, 6.07) is 0. The summed E-state index contributed by atoms with van der Waals surface area (Å²) in [6.07, 6.45) is 15.1. The Morgan fingerprint density at radius 3 is 2.87 bits per heavy atom. The lowest BCUT2D eigenvalue weighted by Gasteiger charge is -2.59. The zero-order valence-corrected chi connectivity index (χ0v) is 14.8. The number of hydrogen-bond donors (Lipinski definition) is 0. The van der Waals surface area contributed by atoms with Gasteiger partial charge >= 0.3 is 0 Å². The molecule has 4 aliphatic carbocycles. The van der Waals surface area contributed by atoms with Crippen LogP contribution < -0.4 is 0 Å². The molecule has 3 fully saturated rings. The van der Waals surface area contributed by atoms with E-state index in [1.165, 1.54) is 63.4 Å². The summed E-state index contributed by atoms with van der Waals surface area (Å²) < 4.78 is 0. The first kappa shape index (κ1) is 15.6. The maximum atomic E-state index is 8.58. The van der Waals surface area contributed by atoms with Crippen LogP contribution in [-0.2, 0) is 0 Å². The molecule has 0 amide bonds. The maximum absolute atomic E-state index is 8.58. The van der Waals surface area contributed by atoms with Crippen molar-refractivity contribution in [3.63, 3.8) is 0 Å².